The van der Waals surface area contributed by atoms with Gasteiger partial charge in [-0.15, -0.1) is 0 Å². The molecule has 0 fully saturated rings. The minimum atomic E-state index is -0.641. The van der Waals surface area contributed by atoms with Gasteiger partial charge in [0.05, 0.1) is 26.3 Å². The molecule has 2 N–H and O–H groups in total. The van der Waals surface area contributed by atoms with Crippen molar-refractivity contribution in [2.45, 2.75) is 26.7 Å². The summed E-state index contributed by atoms with van der Waals surface area (Å²) in [5.74, 6) is -0.496. The predicted octanol–water partition coefficient (Wildman–Crippen LogP) is 3.22. The van der Waals surface area contributed by atoms with Gasteiger partial charge >= 0.3 is 5.97 Å². The molecule has 0 saturated carbocycles. The maximum atomic E-state index is 12.1. The number of amides is 2. The third-order valence-corrected chi connectivity index (χ3v) is 4.39. The van der Waals surface area contributed by atoms with Crippen LogP contribution in [0, 0.1) is 13.8 Å². The standard InChI is InChI=1S/C22H26N2O6/c1-14-5-6-16(11-15(14)2)23-20(25)9-10-22(27)30-13-21(26)24-18-12-17(28-3)7-8-19(18)29-4/h5-8,11-12H,9-10,13H2,1-4H3,(H,23,25)(H,24,26). The molecule has 0 spiro atoms. The van der Waals surface area contributed by atoms with Crippen LogP contribution < -0.4 is 20.1 Å². The summed E-state index contributed by atoms with van der Waals surface area (Å²) in [5.41, 5.74) is 3.25. The zero-order valence-electron chi connectivity index (χ0n) is 17.5. The Kier molecular flexibility index (Phi) is 8.22. The second kappa shape index (κ2) is 10.8. The summed E-state index contributed by atoms with van der Waals surface area (Å²) in [6.45, 7) is 3.46. The Morgan fingerprint density at radius 1 is 0.833 bits per heavy atom. The zero-order chi connectivity index (χ0) is 22.1. The van der Waals surface area contributed by atoms with E-state index in [1.165, 1.54) is 14.2 Å². The van der Waals surface area contributed by atoms with Crippen molar-refractivity contribution in [2.75, 3.05) is 31.5 Å². The second-order valence-electron chi connectivity index (χ2n) is 6.62. The second-order valence-corrected chi connectivity index (χ2v) is 6.62. The molecule has 0 saturated heterocycles. The number of methoxy groups -OCH3 is 2. The molecule has 0 unspecified atom stereocenters. The van der Waals surface area contributed by atoms with Crippen LogP contribution in [0.25, 0.3) is 0 Å². The van der Waals surface area contributed by atoms with Crippen LogP contribution in [0.1, 0.15) is 24.0 Å². The van der Waals surface area contributed by atoms with Crippen molar-refractivity contribution in [3.05, 3.63) is 47.5 Å². The molecule has 0 heterocycles. The van der Waals surface area contributed by atoms with Gasteiger partial charge in [-0.2, -0.15) is 0 Å². The molecule has 0 atom stereocenters. The van der Waals surface area contributed by atoms with Crippen molar-refractivity contribution in [3.8, 4) is 11.5 Å². The quantitative estimate of drug-likeness (QED) is 0.611. The molecule has 2 rings (SSSR count). The van der Waals surface area contributed by atoms with E-state index in [4.69, 9.17) is 14.2 Å². The highest BCUT2D eigenvalue weighted by atomic mass is 16.5. The molecule has 0 aromatic heterocycles. The van der Waals surface area contributed by atoms with E-state index in [1.54, 1.807) is 24.3 Å². The lowest BCUT2D eigenvalue weighted by Gasteiger charge is -2.12. The van der Waals surface area contributed by atoms with E-state index in [1.807, 2.05) is 26.0 Å². The summed E-state index contributed by atoms with van der Waals surface area (Å²) in [5, 5.41) is 5.33. The van der Waals surface area contributed by atoms with E-state index in [-0.39, 0.29) is 18.7 Å². The molecule has 160 valence electrons. The molecule has 2 aromatic carbocycles. The predicted molar refractivity (Wildman–Crippen MR) is 113 cm³/mol. The van der Waals surface area contributed by atoms with Crippen LogP contribution in [0.3, 0.4) is 0 Å². The monoisotopic (exact) mass is 414 g/mol. The number of carbonyl (C=O) groups is 3. The number of rotatable bonds is 9. The number of hydrogen-bond acceptors (Lipinski definition) is 6. The summed E-state index contributed by atoms with van der Waals surface area (Å²) < 4.78 is 15.2. The first-order valence-corrected chi connectivity index (χ1v) is 9.37. The normalized spacial score (nSPS) is 10.1. The van der Waals surface area contributed by atoms with Crippen molar-refractivity contribution >= 4 is 29.2 Å². The Morgan fingerprint density at radius 3 is 2.27 bits per heavy atom. The fourth-order valence-electron chi connectivity index (χ4n) is 2.57. The maximum absolute atomic E-state index is 12.1. The minimum Gasteiger partial charge on any atom is -0.497 e. The van der Waals surface area contributed by atoms with Crippen molar-refractivity contribution in [2.24, 2.45) is 0 Å². The van der Waals surface area contributed by atoms with Gasteiger partial charge < -0.3 is 24.8 Å². The number of anilines is 2. The van der Waals surface area contributed by atoms with Gasteiger partial charge in [0, 0.05) is 18.2 Å². The van der Waals surface area contributed by atoms with Crippen molar-refractivity contribution in [1.29, 1.82) is 0 Å². The fraction of sp³-hybridized carbons (Fsp3) is 0.318. The van der Waals surface area contributed by atoms with Crippen molar-refractivity contribution in [1.82, 2.24) is 0 Å². The minimum absolute atomic E-state index is 0.0446. The Bertz CT molecular complexity index is 926. The summed E-state index contributed by atoms with van der Waals surface area (Å²) >= 11 is 0. The van der Waals surface area contributed by atoms with Crippen molar-refractivity contribution < 1.29 is 28.6 Å². The molecule has 2 amide bonds. The van der Waals surface area contributed by atoms with E-state index in [0.717, 1.165) is 11.1 Å². The molecule has 8 nitrogen and oxygen atoms in total. The average molecular weight is 414 g/mol. The highest BCUT2D eigenvalue weighted by Crippen LogP contribution is 2.28. The Hall–Kier alpha value is -3.55. The van der Waals surface area contributed by atoms with Crippen LogP contribution in [0.5, 0.6) is 11.5 Å². The van der Waals surface area contributed by atoms with Gasteiger partial charge in [0.15, 0.2) is 6.61 Å². The smallest absolute Gasteiger partial charge is 0.306 e. The number of carbonyl (C=O) groups excluding carboxylic acids is 3. The topological polar surface area (TPSA) is 103 Å². The first kappa shape index (κ1) is 22.7. The van der Waals surface area contributed by atoms with E-state index < -0.39 is 18.5 Å². The van der Waals surface area contributed by atoms with E-state index in [2.05, 4.69) is 10.6 Å². The number of esters is 1. The molecule has 0 radical (unpaired) electrons. The molecule has 0 aliphatic heterocycles. The first-order chi connectivity index (χ1) is 14.3. The lowest BCUT2D eigenvalue weighted by molar-refractivity contribution is -0.147. The third-order valence-electron chi connectivity index (χ3n) is 4.39. The highest BCUT2D eigenvalue weighted by molar-refractivity contribution is 5.95. The largest absolute Gasteiger partial charge is 0.497 e. The lowest BCUT2D eigenvalue weighted by atomic mass is 10.1. The Morgan fingerprint density at radius 2 is 1.60 bits per heavy atom. The molecule has 0 aliphatic carbocycles. The lowest BCUT2D eigenvalue weighted by Crippen LogP contribution is -2.22. The van der Waals surface area contributed by atoms with Crippen LogP contribution in [-0.4, -0.2) is 38.6 Å². The average Bonchev–Trinajstić information content (AvgIpc) is 2.73. The van der Waals surface area contributed by atoms with Crippen LogP contribution in [0.2, 0.25) is 0 Å². The molecular weight excluding hydrogens is 388 g/mol. The van der Waals surface area contributed by atoms with Gasteiger partial charge in [-0.1, -0.05) is 6.07 Å². The van der Waals surface area contributed by atoms with Gasteiger partial charge in [0.25, 0.3) is 5.91 Å². The summed E-state index contributed by atoms with van der Waals surface area (Å²) in [6, 6.07) is 10.5. The van der Waals surface area contributed by atoms with E-state index in [9.17, 15) is 14.4 Å². The molecule has 0 bridgehead atoms. The number of nitrogens with one attached hydrogen (secondary N) is 2. The van der Waals surface area contributed by atoms with E-state index >= 15 is 0 Å². The molecule has 2 aromatic rings. The van der Waals surface area contributed by atoms with Crippen LogP contribution in [-0.2, 0) is 19.1 Å². The maximum Gasteiger partial charge on any atom is 0.306 e. The molecule has 8 heteroatoms. The van der Waals surface area contributed by atoms with Gasteiger partial charge in [-0.25, -0.2) is 0 Å². The summed E-state index contributed by atoms with van der Waals surface area (Å²) in [4.78, 5) is 35.9. The van der Waals surface area contributed by atoms with Crippen LogP contribution in [0.15, 0.2) is 36.4 Å². The highest BCUT2D eigenvalue weighted by Gasteiger charge is 2.13. The Balaban J connectivity index is 1.77. The number of benzene rings is 2. The number of hydrogen-bond donors (Lipinski definition) is 2. The van der Waals surface area contributed by atoms with Gasteiger partial charge in [-0.3, -0.25) is 14.4 Å². The fourth-order valence-corrected chi connectivity index (χ4v) is 2.57. The zero-order valence-corrected chi connectivity index (χ0v) is 17.5. The van der Waals surface area contributed by atoms with Crippen LogP contribution >= 0.6 is 0 Å². The Labute approximate surface area is 175 Å². The van der Waals surface area contributed by atoms with Crippen molar-refractivity contribution in [3.63, 3.8) is 0 Å². The summed E-state index contributed by atoms with van der Waals surface area (Å²) in [6.07, 6.45) is -0.177. The SMILES string of the molecule is COc1ccc(OC)c(NC(=O)COC(=O)CCC(=O)Nc2ccc(C)c(C)c2)c1. The van der Waals surface area contributed by atoms with Crippen LogP contribution in [0.4, 0.5) is 11.4 Å². The van der Waals surface area contributed by atoms with Gasteiger partial charge in [0.1, 0.15) is 11.5 Å². The van der Waals surface area contributed by atoms with Gasteiger partial charge in [0.2, 0.25) is 5.91 Å². The molecule has 30 heavy (non-hydrogen) atoms. The molecular formula is C22H26N2O6. The molecule has 0 aliphatic rings. The van der Waals surface area contributed by atoms with Gasteiger partial charge in [-0.05, 0) is 49.2 Å². The third kappa shape index (κ3) is 6.80. The first-order valence-electron chi connectivity index (χ1n) is 9.37. The number of ether oxygens (including phenoxy) is 3. The number of aryl methyl sites for hydroxylation is 2. The van der Waals surface area contributed by atoms with E-state index in [0.29, 0.717) is 22.9 Å². The summed E-state index contributed by atoms with van der Waals surface area (Å²) in [7, 11) is 2.98.